The summed E-state index contributed by atoms with van der Waals surface area (Å²) in [4.78, 5) is 24.4. The molecule has 0 fully saturated rings. The fraction of sp³-hybridized carbons (Fsp3) is 0.263. The number of rotatable bonds is 7. The standard InChI is InChI=1S/C19H19BrCl2N2O3/c1-3-8-23-19(26)14-6-5-13(10-16(14)22)24-18(25)11(2)27-17-7-4-12(21)9-15(17)20/h4-7,9-11H,3,8H2,1-2H3,(H,23,26)(H,24,25). The van der Waals surface area contributed by atoms with E-state index in [1.54, 1.807) is 37.3 Å². The van der Waals surface area contributed by atoms with E-state index in [1.165, 1.54) is 6.07 Å². The van der Waals surface area contributed by atoms with Gasteiger partial charge in [-0.25, -0.2) is 0 Å². The van der Waals surface area contributed by atoms with Crippen LogP contribution in [0.15, 0.2) is 40.9 Å². The monoisotopic (exact) mass is 472 g/mol. The molecule has 0 spiro atoms. The second-order valence-electron chi connectivity index (χ2n) is 5.77. The molecule has 27 heavy (non-hydrogen) atoms. The third kappa shape index (κ3) is 6.13. The zero-order chi connectivity index (χ0) is 20.0. The third-order valence-electron chi connectivity index (χ3n) is 3.58. The molecule has 0 bridgehead atoms. The van der Waals surface area contributed by atoms with Crippen LogP contribution in [0.2, 0.25) is 10.0 Å². The summed E-state index contributed by atoms with van der Waals surface area (Å²) >= 11 is 15.4. The fourth-order valence-electron chi connectivity index (χ4n) is 2.17. The molecule has 2 rings (SSSR count). The number of nitrogens with one attached hydrogen (secondary N) is 2. The summed E-state index contributed by atoms with van der Waals surface area (Å²) < 4.78 is 6.31. The van der Waals surface area contributed by atoms with Crippen LogP contribution in [-0.2, 0) is 4.79 Å². The van der Waals surface area contributed by atoms with Gasteiger partial charge in [0.25, 0.3) is 11.8 Å². The Hall–Kier alpha value is -1.76. The summed E-state index contributed by atoms with van der Waals surface area (Å²) in [5.74, 6) is -0.0943. The number of amides is 2. The molecule has 1 unspecified atom stereocenters. The molecule has 144 valence electrons. The number of carbonyl (C=O) groups excluding carboxylic acids is 2. The second-order valence-corrected chi connectivity index (χ2v) is 7.47. The molecule has 2 N–H and O–H groups in total. The lowest BCUT2D eigenvalue weighted by Gasteiger charge is -2.16. The lowest BCUT2D eigenvalue weighted by molar-refractivity contribution is -0.122. The molecule has 5 nitrogen and oxygen atoms in total. The Morgan fingerprint density at radius 2 is 1.93 bits per heavy atom. The van der Waals surface area contributed by atoms with E-state index in [0.29, 0.717) is 33.0 Å². The van der Waals surface area contributed by atoms with Crippen LogP contribution < -0.4 is 15.4 Å². The Bertz CT molecular complexity index is 846. The van der Waals surface area contributed by atoms with E-state index in [2.05, 4.69) is 26.6 Å². The summed E-state index contributed by atoms with van der Waals surface area (Å²) in [5, 5.41) is 6.30. The van der Waals surface area contributed by atoms with Crippen molar-refractivity contribution in [2.45, 2.75) is 26.4 Å². The largest absolute Gasteiger partial charge is 0.480 e. The van der Waals surface area contributed by atoms with Gasteiger partial charge >= 0.3 is 0 Å². The number of carbonyl (C=O) groups is 2. The number of benzene rings is 2. The normalized spacial score (nSPS) is 11.6. The van der Waals surface area contributed by atoms with E-state index >= 15 is 0 Å². The summed E-state index contributed by atoms with van der Waals surface area (Å²) in [6, 6.07) is 9.76. The van der Waals surface area contributed by atoms with Gasteiger partial charge in [0.2, 0.25) is 0 Å². The van der Waals surface area contributed by atoms with Crippen molar-refractivity contribution in [2.75, 3.05) is 11.9 Å². The van der Waals surface area contributed by atoms with E-state index < -0.39 is 6.10 Å². The molecule has 2 aromatic rings. The topological polar surface area (TPSA) is 67.4 Å². The average Bonchev–Trinajstić information content (AvgIpc) is 2.62. The molecule has 0 aromatic heterocycles. The maximum absolute atomic E-state index is 12.4. The van der Waals surface area contributed by atoms with Gasteiger partial charge in [-0.3, -0.25) is 9.59 Å². The molecule has 8 heteroatoms. The van der Waals surface area contributed by atoms with Crippen molar-refractivity contribution in [3.63, 3.8) is 0 Å². The van der Waals surface area contributed by atoms with E-state index in [-0.39, 0.29) is 16.8 Å². The van der Waals surface area contributed by atoms with Crippen LogP contribution in [0.5, 0.6) is 5.75 Å². The minimum absolute atomic E-state index is 0.246. The first kappa shape index (κ1) is 21.5. The number of halogens is 3. The van der Waals surface area contributed by atoms with Crippen molar-refractivity contribution in [1.82, 2.24) is 5.32 Å². The van der Waals surface area contributed by atoms with E-state index in [1.807, 2.05) is 6.92 Å². The maximum atomic E-state index is 12.4. The maximum Gasteiger partial charge on any atom is 0.265 e. The molecule has 0 aliphatic heterocycles. The van der Waals surface area contributed by atoms with Crippen molar-refractivity contribution in [1.29, 1.82) is 0 Å². The number of hydrogen-bond acceptors (Lipinski definition) is 3. The van der Waals surface area contributed by atoms with Crippen LogP contribution in [0, 0.1) is 0 Å². The Balaban J connectivity index is 2.02. The predicted octanol–water partition coefficient (Wildman–Crippen LogP) is 5.30. The quantitative estimate of drug-likeness (QED) is 0.573. The lowest BCUT2D eigenvalue weighted by atomic mass is 10.2. The predicted molar refractivity (Wildman–Crippen MR) is 112 cm³/mol. The van der Waals surface area contributed by atoms with Crippen LogP contribution in [0.1, 0.15) is 30.6 Å². The molecule has 0 aliphatic carbocycles. The van der Waals surface area contributed by atoms with Gasteiger partial charge in [0.05, 0.1) is 15.1 Å². The zero-order valence-electron chi connectivity index (χ0n) is 14.8. The van der Waals surface area contributed by atoms with Gasteiger partial charge in [-0.1, -0.05) is 30.1 Å². The molecule has 1 atom stereocenters. The van der Waals surface area contributed by atoms with Crippen molar-refractivity contribution in [3.05, 3.63) is 56.5 Å². The molecular weight excluding hydrogens is 455 g/mol. The molecule has 0 saturated carbocycles. The van der Waals surface area contributed by atoms with E-state index in [4.69, 9.17) is 27.9 Å². The third-order valence-corrected chi connectivity index (χ3v) is 4.75. The highest BCUT2D eigenvalue weighted by molar-refractivity contribution is 9.10. The van der Waals surface area contributed by atoms with Crippen LogP contribution >= 0.6 is 39.1 Å². The van der Waals surface area contributed by atoms with Gasteiger partial charge in [0.1, 0.15) is 5.75 Å². The number of hydrogen-bond donors (Lipinski definition) is 2. The SMILES string of the molecule is CCCNC(=O)c1ccc(NC(=O)C(C)Oc2ccc(Cl)cc2Br)cc1Cl. The number of anilines is 1. The Labute approximate surface area is 176 Å². The zero-order valence-corrected chi connectivity index (χ0v) is 17.9. The van der Waals surface area contributed by atoms with Crippen molar-refractivity contribution in [3.8, 4) is 5.75 Å². The van der Waals surface area contributed by atoms with Gasteiger partial charge in [0.15, 0.2) is 6.10 Å². The molecule has 0 aliphatic rings. The van der Waals surface area contributed by atoms with Gasteiger partial charge in [-0.15, -0.1) is 0 Å². The Kier molecular flexibility index (Phi) is 7.95. The molecule has 2 amide bonds. The fourth-order valence-corrected chi connectivity index (χ4v) is 3.21. The lowest BCUT2D eigenvalue weighted by Crippen LogP contribution is -2.30. The van der Waals surface area contributed by atoms with Crippen LogP contribution in [0.25, 0.3) is 0 Å². The van der Waals surface area contributed by atoms with E-state index in [0.717, 1.165) is 6.42 Å². The highest BCUT2D eigenvalue weighted by Crippen LogP contribution is 2.29. The van der Waals surface area contributed by atoms with Gasteiger partial charge in [-0.05, 0) is 65.7 Å². The van der Waals surface area contributed by atoms with Gasteiger partial charge in [0, 0.05) is 17.3 Å². The molecule has 0 radical (unpaired) electrons. The van der Waals surface area contributed by atoms with Crippen molar-refractivity contribution in [2.24, 2.45) is 0 Å². The summed E-state index contributed by atoms with van der Waals surface area (Å²) in [6.07, 6.45) is 0.0767. The highest BCUT2D eigenvalue weighted by Gasteiger charge is 2.17. The Morgan fingerprint density at radius 1 is 1.19 bits per heavy atom. The van der Waals surface area contributed by atoms with Gasteiger partial charge < -0.3 is 15.4 Å². The van der Waals surface area contributed by atoms with Crippen molar-refractivity contribution < 1.29 is 14.3 Å². The first-order valence-electron chi connectivity index (χ1n) is 8.32. The molecule has 0 saturated heterocycles. The average molecular weight is 474 g/mol. The summed E-state index contributed by atoms with van der Waals surface area (Å²) in [7, 11) is 0. The molecule has 0 heterocycles. The van der Waals surface area contributed by atoms with Crippen LogP contribution in [0.3, 0.4) is 0 Å². The minimum atomic E-state index is -0.756. The van der Waals surface area contributed by atoms with E-state index in [9.17, 15) is 9.59 Å². The minimum Gasteiger partial charge on any atom is -0.480 e. The summed E-state index contributed by atoms with van der Waals surface area (Å²) in [5.41, 5.74) is 0.833. The number of ether oxygens (including phenoxy) is 1. The first-order valence-corrected chi connectivity index (χ1v) is 9.87. The van der Waals surface area contributed by atoms with Gasteiger partial charge in [-0.2, -0.15) is 0 Å². The molecular formula is C19H19BrCl2N2O3. The Morgan fingerprint density at radius 3 is 2.56 bits per heavy atom. The first-order chi connectivity index (χ1) is 12.8. The summed E-state index contributed by atoms with van der Waals surface area (Å²) in [6.45, 7) is 4.17. The highest BCUT2D eigenvalue weighted by atomic mass is 79.9. The van der Waals surface area contributed by atoms with Crippen molar-refractivity contribution >= 4 is 56.6 Å². The molecule has 2 aromatic carbocycles. The van der Waals surface area contributed by atoms with Crippen LogP contribution in [0.4, 0.5) is 5.69 Å². The smallest absolute Gasteiger partial charge is 0.265 e. The second kappa shape index (κ2) is 9.97. The van der Waals surface area contributed by atoms with Crippen LogP contribution in [-0.4, -0.2) is 24.5 Å².